The highest BCUT2D eigenvalue weighted by molar-refractivity contribution is 5.88. The van der Waals surface area contributed by atoms with E-state index in [4.69, 9.17) is 14.5 Å². The molecule has 3 nitrogen and oxygen atoms in total. The highest BCUT2D eigenvalue weighted by Crippen LogP contribution is 2.32. The van der Waals surface area contributed by atoms with Gasteiger partial charge < -0.3 is 9.47 Å². The molecule has 1 aromatic heterocycles. The third kappa shape index (κ3) is 3.45. The summed E-state index contributed by atoms with van der Waals surface area (Å²) >= 11 is 0. The predicted octanol–water partition coefficient (Wildman–Crippen LogP) is 5.09. The lowest BCUT2D eigenvalue weighted by molar-refractivity contribution is 0.133. The van der Waals surface area contributed by atoms with Crippen molar-refractivity contribution in [1.82, 2.24) is 4.98 Å². The van der Waals surface area contributed by atoms with E-state index in [2.05, 4.69) is 20.8 Å². The summed E-state index contributed by atoms with van der Waals surface area (Å²) in [5.41, 5.74) is 2.60. The number of pyridine rings is 1. The van der Waals surface area contributed by atoms with Crippen LogP contribution < -0.4 is 9.47 Å². The lowest BCUT2D eigenvalue weighted by Gasteiger charge is -2.23. The number of benzene rings is 2. The molecular weight excluding hydrogens is 286 g/mol. The van der Waals surface area contributed by atoms with Crippen molar-refractivity contribution >= 4 is 10.9 Å². The van der Waals surface area contributed by atoms with Crippen molar-refractivity contribution in [2.75, 3.05) is 7.11 Å². The van der Waals surface area contributed by atoms with Gasteiger partial charge in [0.05, 0.1) is 18.3 Å². The first kappa shape index (κ1) is 15.3. The number of hydrogen-bond acceptors (Lipinski definition) is 3. The van der Waals surface area contributed by atoms with Crippen molar-refractivity contribution < 1.29 is 9.47 Å². The zero-order valence-electron chi connectivity index (χ0n) is 14.0. The van der Waals surface area contributed by atoms with Gasteiger partial charge in [0.2, 0.25) is 0 Å². The molecule has 3 rings (SSSR count). The van der Waals surface area contributed by atoms with Crippen LogP contribution in [0, 0.1) is 0 Å². The standard InChI is InChI=1S/C20H21NO2/c1-20(2,3)23-19-13-18(14-9-11-15(22-4)12-10-14)21-17-8-6-5-7-16(17)19/h5-13H,1-4H3. The van der Waals surface area contributed by atoms with E-state index in [0.29, 0.717) is 0 Å². The van der Waals surface area contributed by atoms with Crippen molar-refractivity contribution in [1.29, 1.82) is 0 Å². The van der Waals surface area contributed by atoms with Gasteiger partial charge in [0.1, 0.15) is 17.1 Å². The molecule has 3 aromatic rings. The third-order valence-electron chi connectivity index (χ3n) is 3.48. The van der Waals surface area contributed by atoms with Crippen LogP contribution in [0.3, 0.4) is 0 Å². The Balaban J connectivity index is 2.13. The maximum absolute atomic E-state index is 6.16. The Labute approximate surface area is 136 Å². The minimum Gasteiger partial charge on any atom is -0.497 e. The molecular formula is C20H21NO2. The van der Waals surface area contributed by atoms with Crippen LogP contribution in [0.4, 0.5) is 0 Å². The first-order valence-electron chi connectivity index (χ1n) is 7.69. The molecule has 0 radical (unpaired) electrons. The maximum Gasteiger partial charge on any atom is 0.131 e. The van der Waals surface area contributed by atoms with E-state index >= 15 is 0 Å². The lowest BCUT2D eigenvalue weighted by atomic mass is 10.1. The summed E-state index contributed by atoms with van der Waals surface area (Å²) in [7, 11) is 1.67. The van der Waals surface area contributed by atoms with Gasteiger partial charge in [-0.2, -0.15) is 0 Å². The number of aromatic nitrogens is 1. The Morgan fingerprint density at radius 1 is 0.913 bits per heavy atom. The van der Waals surface area contributed by atoms with Crippen LogP contribution in [0.5, 0.6) is 11.5 Å². The maximum atomic E-state index is 6.16. The van der Waals surface area contributed by atoms with Gasteiger partial charge >= 0.3 is 0 Å². The Morgan fingerprint density at radius 2 is 1.61 bits per heavy atom. The molecule has 0 N–H and O–H groups in total. The van der Waals surface area contributed by atoms with E-state index in [9.17, 15) is 0 Å². The topological polar surface area (TPSA) is 31.4 Å². The number of nitrogens with zero attached hydrogens (tertiary/aromatic N) is 1. The molecule has 0 saturated carbocycles. The highest BCUT2D eigenvalue weighted by Gasteiger charge is 2.16. The minimum atomic E-state index is -0.263. The van der Waals surface area contributed by atoms with Gasteiger partial charge in [0, 0.05) is 17.0 Å². The molecule has 0 saturated heterocycles. The fourth-order valence-electron chi connectivity index (χ4n) is 2.47. The molecule has 0 bridgehead atoms. The Hall–Kier alpha value is -2.55. The SMILES string of the molecule is COc1ccc(-c2cc(OC(C)(C)C)c3ccccc3n2)cc1. The number of methoxy groups -OCH3 is 1. The fourth-order valence-corrected chi connectivity index (χ4v) is 2.47. The van der Waals surface area contributed by atoms with E-state index in [1.165, 1.54) is 0 Å². The van der Waals surface area contributed by atoms with Crippen LogP contribution in [0.1, 0.15) is 20.8 Å². The van der Waals surface area contributed by atoms with Crippen LogP contribution in [-0.4, -0.2) is 17.7 Å². The number of fused-ring (bicyclic) bond motifs is 1. The van der Waals surface area contributed by atoms with Crippen molar-refractivity contribution in [2.24, 2.45) is 0 Å². The average molecular weight is 307 g/mol. The average Bonchev–Trinajstić information content (AvgIpc) is 2.53. The van der Waals surface area contributed by atoms with E-state index in [1.54, 1.807) is 7.11 Å². The molecule has 0 unspecified atom stereocenters. The zero-order valence-corrected chi connectivity index (χ0v) is 14.0. The normalized spacial score (nSPS) is 11.5. The molecule has 3 heteroatoms. The summed E-state index contributed by atoms with van der Waals surface area (Å²) in [6.07, 6.45) is 0. The van der Waals surface area contributed by atoms with E-state index in [0.717, 1.165) is 33.7 Å². The monoisotopic (exact) mass is 307 g/mol. The molecule has 0 fully saturated rings. The van der Waals surface area contributed by atoms with E-state index in [-0.39, 0.29) is 5.60 Å². The van der Waals surface area contributed by atoms with Crippen molar-refractivity contribution in [3.8, 4) is 22.8 Å². The first-order valence-corrected chi connectivity index (χ1v) is 7.69. The Kier molecular flexibility index (Phi) is 3.95. The van der Waals surface area contributed by atoms with Gasteiger partial charge in [0.25, 0.3) is 0 Å². The molecule has 0 atom stereocenters. The molecule has 0 aliphatic heterocycles. The second-order valence-electron chi connectivity index (χ2n) is 6.47. The molecule has 0 aliphatic rings. The Bertz CT molecular complexity index is 817. The van der Waals surface area contributed by atoms with Crippen LogP contribution in [0.2, 0.25) is 0 Å². The summed E-state index contributed by atoms with van der Waals surface area (Å²) in [6, 6.07) is 18.0. The minimum absolute atomic E-state index is 0.263. The molecule has 23 heavy (non-hydrogen) atoms. The molecule has 1 heterocycles. The summed E-state index contributed by atoms with van der Waals surface area (Å²) < 4.78 is 11.4. The number of para-hydroxylation sites is 1. The second kappa shape index (κ2) is 5.92. The molecule has 0 aliphatic carbocycles. The van der Waals surface area contributed by atoms with Crippen LogP contribution in [0.15, 0.2) is 54.6 Å². The highest BCUT2D eigenvalue weighted by atomic mass is 16.5. The Morgan fingerprint density at radius 3 is 2.26 bits per heavy atom. The van der Waals surface area contributed by atoms with Crippen LogP contribution >= 0.6 is 0 Å². The third-order valence-corrected chi connectivity index (χ3v) is 3.48. The number of ether oxygens (including phenoxy) is 2. The van der Waals surface area contributed by atoms with E-state index in [1.807, 2.05) is 54.6 Å². The quantitative estimate of drug-likeness (QED) is 0.675. The lowest BCUT2D eigenvalue weighted by Crippen LogP contribution is -2.23. The van der Waals surface area contributed by atoms with Gasteiger partial charge in [-0.05, 0) is 57.2 Å². The summed E-state index contributed by atoms with van der Waals surface area (Å²) in [4.78, 5) is 4.77. The van der Waals surface area contributed by atoms with E-state index < -0.39 is 0 Å². The van der Waals surface area contributed by atoms with Gasteiger partial charge in [-0.25, -0.2) is 4.98 Å². The van der Waals surface area contributed by atoms with Gasteiger partial charge in [-0.15, -0.1) is 0 Å². The zero-order chi connectivity index (χ0) is 16.4. The van der Waals surface area contributed by atoms with Gasteiger partial charge in [0.15, 0.2) is 0 Å². The first-order chi connectivity index (χ1) is 11.0. The van der Waals surface area contributed by atoms with Crippen LogP contribution in [0.25, 0.3) is 22.2 Å². The summed E-state index contributed by atoms with van der Waals surface area (Å²) in [5, 5.41) is 1.03. The number of rotatable bonds is 3. The smallest absolute Gasteiger partial charge is 0.131 e. The molecule has 2 aromatic carbocycles. The predicted molar refractivity (Wildman–Crippen MR) is 94.1 cm³/mol. The second-order valence-corrected chi connectivity index (χ2v) is 6.47. The van der Waals surface area contributed by atoms with Crippen molar-refractivity contribution in [2.45, 2.75) is 26.4 Å². The van der Waals surface area contributed by atoms with Gasteiger partial charge in [-0.1, -0.05) is 12.1 Å². The van der Waals surface area contributed by atoms with Crippen LogP contribution in [-0.2, 0) is 0 Å². The van der Waals surface area contributed by atoms with Crippen molar-refractivity contribution in [3.05, 3.63) is 54.6 Å². The molecule has 118 valence electrons. The molecule has 0 spiro atoms. The van der Waals surface area contributed by atoms with Crippen molar-refractivity contribution in [3.63, 3.8) is 0 Å². The largest absolute Gasteiger partial charge is 0.497 e. The summed E-state index contributed by atoms with van der Waals surface area (Å²) in [6.45, 7) is 6.15. The number of hydrogen-bond donors (Lipinski definition) is 0. The molecule has 0 amide bonds. The van der Waals surface area contributed by atoms with Gasteiger partial charge in [-0.3, -0.25) is 0 Å². The summed E-state index contributed by atoms with van der Waals surface area (Å²) in [5.74, 6) is 1.69. The fraction of sp³-hybridized carbons (Fsp3) is 0.250.